The minimum Gasteiger partial charge on any atom is -0.497 e. The maximum Gasteiger partial charge on any atom is 0.238 e. The maximum atomic E-state index is 15.1. The average molecular weight is 557 g/mol. The normalized spacial score (nSPS) is 23.1. The highest BCUT2D eigenvalue weighted by atomic mass is 16.5. The van der Waals surface area contributed by atoms with Crippen molar-refractivity contribution in [3.8, 4) is 11.5 Å². The molecule has 1 N–H and O–H groups in total. The highest BCUT2D eigenvalue weighted by Crippen LogP contribution is 2.58. The molecule has 208 valence electrons. The summed E-state index contributed by atoms with van der Waals surface area (Å²) >= 11 is 0. The van der Waals surface area contributed by atoms with Crippen LogP contribution in [0.4, 0.5) is 11.4 Å². The zero-order chi connectivity index (χ0) is 29.0. The number of ketones is 2. The van der Waals surface area contributed by atoms with Crippen molar-refractivity contribution in [1.82, 2.24) is 0 Å². The van der Waals surface area contributed by atoms with Crippen LogP contribution in [0.2, 0.25) is 0 Å². The minimum atomic E-state index is -1.40. The first-order valence-electron chi connectivity index (χ1n) is 13.8. The van der Waals surface area contributed by atoms with E-state index in [0.717, 1.165) is 11.3 Å². The summed E-state index contributed by atoms with van der Waals surface area (Å²) in [7, 11) is 3.02. The molecule has 0 bridgehead atoms. The van der Waals surface area contributed by atoms with Gasteiger partial charge in [0.25, 0.3) is 0 Å². The number of hydrogen-bond donors (Lipinski definition) is 1. The third kappa shape index (κ3) is 3.49. The molecular weight excluding hydrogens is 528 g/mol. The fourth-order valence-corrected chi connectivity index (χ4v) is 7.07. The van der Waals surface area contributed by atoms with E-state index in [1.54, 1.807) is 42.5 Å². The lowest BCUT2D eigenvalue weighted by atomic mass is 9.64. The number of methoxy groups -OCH3 is 2. The number of ether oxygens (including phenoxy) is 2. The maximum absolute atomic E-state index is 15.1. The lowest BCUT2D eigenvalue weighted by molar-refractivity contribution is -0.121. The molecule has 0 saturated carbocycles. The molecule has 1 amide bonds. The standard InChI is InChI=1S/C35H28N2O5/c1-41-23-17-18-28(42-2)24(20-23)33(39)30-31(32(38)22-11-4-3-5-12-22)37-27-15-9-6-10-21(27)16-19-29(37)35(30)25-13-7-8-14-26(25)36-34(35)40/h3-20,29-31H,1-2H3,(H,36,40)/t29-,30-,31+,35-/m0/s1. The number of nitrogens with one attached hydrogen (secondary N) is 1. The molecule has 7 nitrogen and oxygen atoms in total. The van der Waals surface area contributed by atoms with Crippen LogP contribution in [-0.4, -0.2) is 43.8 Å². The average Bonchev–Trinajstić information content (AvgIpc) is 3.52. The van der Waals surface area contributed by atoms with E-state index in [2.05, 4.69) is 5.32 Å². The summed E-state index contributed by atoms with van der Waals surface area (Å²) in [6.07, 6.45) is 3.95. The Morgan fingerprint density at radius 3 is 2.36 bits per heavy atom. The molecule has 4 aromatic carbocycles. The van der Waals surface area contributed by atoms with Gasteiger partial charge in [0, 0.05) is 16.9 Å². The van der Waals surface area contributed by atoms with Crippen LogP contribution >= 0.6 is 0 Å². The van der Waals surface area contributed by atoms with E-state index in [9.17, 15) is 9.59 Å². The first kappa shape index (κ1) is 25.8. The van der Waals surface area contributed by atoms with Crippen LogP contribution in [0.3, 0.4) is 0 Å². The zero-order valence-electron chi connectivity index (χ0n) is 23.1. The quantitative estimate of drug-likeness (QED) is 0.313. The van der Waals surface area contributed by atoms with E-state index in [-0.39, 0.29) is 23.0 Å². The Labute approximate surface area is 243 Å². The molecule has 7 heteroatoms. The third-order valence-corrected chi connectivity index (χ3v) is 8.82. The summed E-state index contributed by atoms with van der Waals surface area (Å²) in [5.74, 6) is -1.21. The molecule has 0 aromatic heterocycles. The number of carbonyl (C=O) groups excluding carboxylic acids is 3. The second-order valence-corrected chi connectivity index (χ2v) is 10.7. The Hall–Kier alpha value is -5.17. The number of anilines is 2. The number of rotatable bonds is 6. The monoisotopic (exact) mass is 556 g/mol. The second kappa shape index (κ2) is 9.73. The van der Waals surface area contributed by atoms with Crippen molar-refractivity contribution in [3.63, 3.8) is 0 Å². The van der Waals surface area contributed by atoms with Gasteiger partial charge < -0.3 is 19.7 Å². The van der Waals surface area contributed by atoms with Crippen LogP contribution in [0.25, 0.3) is 6.08 Å². The molecule has 0 unspecified atom stereocenters. The first-order chi connectivity index (χ1) is 20.5. The molecule has 1 saturated heterocycles. The summed E-state index contributed by atoms with van der Waals surface area (Å²) in [6, 6.07) is 27.6. The predicted octanol–water partition coefficient (Wildman–Crippen LogP) is 5.56. The zero-order valence-corrected chi connectivity index (χ0v) is 23.1. The topological polar surface area (TPSA) is 84.9 Å². The van der Waals surface area contributed by atoms with E-state index in [4.69, 9.17) is 9.47 Å². The summed E-state index contributed by atoms with van der Waals surface area (Å²) in [4.78, 5) is 46.2. The van der Waals surface area contributed by atoms with E-state index >= 15 is 4.79 Å². The van der Waals surface area contributed by atoms with Gasteiger partial charge in [-0.1, -0.05) is 78.9 Å². The number of benzene rings is 4. The number of hydrogen-bond acceptors (Lipinski definition) is 6. The first-order valence-corrected chi connectivity index (χ1v) is 13.8. The molecule has 4 atom stereocenters. The van der Waals surface area contributed by atoms with Gasteiger partial charge in [-0.15, -0.1) is 0 Å². The van der Waals surface area contributed by atoms with Crippen LogP contribution in [0.1, 0.15) is 31.8 Å². The van der Waals surface area contributed by atoms with Crippen molar-refractivity contribution in [3.05, 3.63) is 125 Å². The molecular formula is C35H28N2O5. The molecule has 42 heavy (non-hydrogen) atoms. The number of Topliss-reactive ketones (excluding diaryl/α,β-unsaturated/α-hetero) is 2. The Morgan fingerprint density at radius 1 is 0.833 bits per heavy atom. The van der Waals surface area contributed by atoms with E-state index in [1.807, 2.05) is 71.6 Å². The van der Waals surface area contributed by atoms with Crippen LogP contribution in [0.15, 0.2) is 103 Å². The van der Waals surface area contributed by atoms with Gasteiger partial charge in [0.05, 0.1) is 31.7 Å². The largest absolute Gasteiger partial charge is 0.497 e. The Morgan fingerprint density at radius 2 is 1.57 bits per heavy atom. The number of para-hydroxylation sites is 2. The third-order valence-electron chi connectivity index (χ3n) is 8.82. The van der Waals surface area contributed by atoms with Crippen molar-refractivity contribution in [2.45, 2.75) is 17.5 Å². The van der Waals surface area contributed by atoms with Gasteiger partial charge in [-0.25, -0.2) is 0 Å². The number of amides is 1. The number of nitrogens with zero attached hydrogens (tertiary/aromatic N) is 1. The van der Waals surface area contributed by atoms with Gasteiger partial charge in [0.15, 0.2) is 11.6 Å². The molecule has 7 rings (SSSR count). The Bertz CT molecular complexity index is 1780. The fraction of sp³-hybridized carbons (Fsp3) is 0.171. The van der Waals surface area contributed by atoms with Crippen molar-refractivity contribution in [2.24, 2.45) is 5.92 Å². The number of fused-ring (bicyclic) bond motifs is 6. The molecule has 3 aliphatic rings. The minimum absolute atomic E-state index is 0.236. The summed E-state index contributed by atoms with van der Waals surface area (Å²) < 4.78 is 11.1. The van der Waals surface area contributed by atoms with Crippen molar-refractivity contribution >= 4 is 34.9 Å². The summed E-state index contributed by atoms with van der Waals surface area (Å²) in [6.45, 7) is 0. The van der Waals surface area contributed by atoms with Gasteiger partial charge in [-0.05, 0) is 41.5 Å². The van der Waals surface area contributed by atoms with Crippen LogP contribution in [-0.2, 0) is 10.2 Å². The SMILES string of the molecule is COc1ccc(OC)c(C(=O)[C@@H]2[C@H](C(=O)c3ccccc3)N3c4ccccc4C=C[C@H]3[C@]23C(=O)Nc2ccccc23)c1. The summed E-state index contributed by atoms with van der Waals surface area (Å²) in [5, 5.41) is 3.05. The Balaban J connectivity index is 1.55. The van der Waals surface area contributed by atoms with E-state index < -0.39 is 23.4 Å². The van der Waals surface area contributed by atoms with Crippen molar-refractivity contribution in [2.75, 3.05) is 24.4 Å². The molecule has 0 aliphatic carbocycles. The molecule has 0 radical (unpaired) electrons. The smallest absolute Gasteiger partial charge is 0.238 e. The van der Waals surface area contributed by atoms with Gasteiger partial charge in [-0.2, -0.15) is 0 Å². The van der Waals surface area contributed by atoms with Crippen molar-refractivity contribution in [1.29, 1.82) is 0 Å². The predicted molar refractivity (Wildman–Crippen MR) is 160 cm³/mol. The second-order valence-electron chi connectivity index (χ2n) is 10.7. The molecule has 1 spiro atoms. The van der Waals surface area contributed by atoms with Crippen molar-refractivity contribution < 1.29 is 23.9 Å². The molecule has 3 aliphatic heterocycles. The molecule has 4 aromatic rings. The Kier molecular flexibility index (Phi) is 5.97. The number of carbonyl (C=O) groups is 3. The van der Waals surface area contributed by atoms with Gasteiger partial charge in [-0.3, -0.25) is 14.4 Å². The molecule has 3 heterocycles. The fourth-order valence-electron chi connectivity index (χ4n) is 7.07. The van der Waals surface area contributed by atoms with Crippen LogP contribution < -0.4 is 19.7 Å². The van der Waals surface area contributed by atoms with E-state index in [1.165, 1.54) is 14.2 Å². The highest BCUT2D eigenvalue weighted by Gasteiger charge is 2.70. The van der Waals surface area contributed by atoms with Gasteiger partial charge in [0.1, 0.15) is 23.0 Å². The van der Waals surface area contributed by atoms with E-state index in [0.29, 0.717) is 28.3 Å². The van der Waals surface area contributed by atoms with Crippen LogP contribution in [0.5, 0.6) is 11.5 Å². The lowest BCUT2D eigenvalue weighted by Gasteiger charge is -2.37. The highest BCUT2D eigenvalue weighted by molar-refractivity contribution is 6.19. The van der Waals surface area contributed by atoms with Crippen LogP contribution in [0, 0.1) is 5.92 Å². The van der Waals surface area contributed by atoms with Gasteiger partial charge >= 0.3 is 0 Å². The summed E-state index contributed by atoms with van der Waals surface area (Å²) in [5.41, 5.74) is 2.35. The lowest BCUT2D eigenvalue weighted by Crippen LogP contribution is -2.51. The van der Waals surface area contributed by atoms with Gasteiger partial charge in [0.2, 0.25) is 5.91 Å². The molecule has 1 fully saturated rings.